The van der Waals surface area contributed by atoms with Gasteiger partial charge < -0.3 is 44.3 Å². The number of halogens is 2. The third-order valence-electron chi connectivity index (χ3n) is 12.2. The van der Waals surface area contributed by atoms with E-state index in [1.54, 1.807) is 0 Å². The number of aliphatic hydroxyl groups excluding tert-OH is 1. The van der Waals surface area contributed by atoms with Gasteiger partial charge in [0.05, 0.1) is 12.7 Å². The zero-order chi connectivity index (χ0) is 47.3. The van der Waals surface area contributed by atoms with Crippen molar-refractivity contribution < 1.29 is 66.4 Å². The third-order valence-corrected chi connectivity index (χ3v) is 12.7. The predicted octanol–water partition coefficient (Wildman–Crippen LogP) is 11.7. The number of hydrogen-bond acceptors (Lipinski definition) is 9. The first-order valence-electron chi connectivity index (χ1n) is 25.5. The molecule has 13 nitrogen and oxygen atoms in total. The van der Waals surface area contributed by atoms with Crippen molar-refractivity contribution in [3.05, 3.63) is 0 Å². The Labute approximate surface area is 385 Å². The van der Waals surface area contributed by atoms with Gasteiger partial charge in [-0.15, -0.1) is 0 Å². The molecule has 64 heavy (non-hydrogen) atoms. The van der Waals surface area contributed by atoms with E-state index in [2.05, 4.69) is 26.1 Å². The second kappa shape index (κ2) is 38.7. The minimum atomic E-state index is -5.31. The fourth-order valence-corrected chi connectivity index (χ4v) is 8.93. The first-order valence-corrected chi connectivity index (χ1v) is 27.1. The summed E-state index contributed by atoms with van der Waals surface area (Å²) in [7, 11) is -5.31. The highest BCUT2D eigenvalue weighted by Crippen LogP contribution is 2.42. The molecule has 16 heteroatoms. The Hall–Kier alpha value is -1.29. The molecule has 0 aromatic carbocycles. The van der Waals surface area contributed by atoms with E-state index < -0.39 is 75.9 Å². The van der Waals surface area contributed by atoms with Gasteiger partial charge in [-0.1, -0.05) is 194 Å². The molecule has 5 N–H and O–H groups in total. The summed E-state index contributed by atoms with van der Waals surface area (Å²) >= 11 is 0. The van der Waals surface area contributed by atoms with Crippen molar-refractivity contribution in [2.45, 2.75) is 269 Å². The van der Waals surface area contributed by atoms with Gasteiger partial charge in [-0.3, -0.25) is 9.32 Å². The Morgan fingerprint density at radius 2 is 1.09 bits per heavy atom. The third kappa shape index (κ3) is 30.9. The maximum atomic E-state index is 15.5. The number of amides is 1. The van der Waals surface area contributed by atoms with E-state index in [0.29, 0.717) is 19.4 Å². The van der Waals surface area contributed by atoms with E-state index in [-0.39, 0.29) is 19.1 Å². The number of phosphoric ester groups is 1. The Morgan fingerprint density at radius 3 is 1.55 bits per heavy atom. The Bertz CT molecular complexity index is 1180. The second-order valence-electron chi connectivity index (χ2n) is 18.0. The summed E-state index contributed by atoms with van der Waals surface area (Å²) in [6.45, 7) is 5.19. The number of carbonyl (C=O) groups excluding carboxylic acids is 1. The molecule has 0 saturated carbocycles. The van der Waals surface area contributed by atoms with E-state index >= 15 is 8.78 Å². The van der Waals surface area contributed by atoms with Gasteiger partial charge in [-0.2, -0.15) is 8.78 Å². The lowest BCUT2D eigenvalue weighted by Gasteiger charge is -2.45. The molecule has 0 spiro atoms. The summed E-state index contributed by atoms with van der Waals surface area (Å²) in [5.41, 5.74) is 0. The van der Waals surface area contributed by atoms with Crippen LogP contribution in [0, 0.1) is 0 Å². The monoisotopic (exact) mass is 944 g/mol. The molecule has 1 aliphatic heterocycles. The van der Waals surface area contributed by atoms with Crippen molar-refractivity contribution in [3.63, 3.8) is 0 Å². The summed E-state index contributed by atoms with van der Waals surface area (Å²) in [6.07, 6.45) is 24.9. The summed E-state index contributed by atoms with van der Waals surface area (Å²) in [5, 5.41) is 21.8. The van der Waals surface area contributed by atoms with Crippen LogP contribution < -0.4 is 5.32 Å². The molecule has 6 atom stereocenters. The number of ether oxygens (including phenoxy) is 4. The molecular formula is C48H92F2NO12P. The number of aliphatic carboxylic acids is 1. The first-order chi connectivity index (χ1) is 30.8. The van der Waals surface area contributed by atoms with Crippen molar-refractivity contribution in [1.82, 2.24) is 5.32 Å². The number of carboxylic acids is 1. The number of phosphoric acid groups is 1. The molecule has 1 heterocycles. The van der Waals surface area contributed by atoms with Crippen LogP contribution in [-0.2, 0) is 37.6 Å². The van der Waals surface area contributed by atoms with Crippen LogP contribution in [0.2, 0.25) is 0 Å². The molecule has 0 aliphatic carbocycles. The van der Waals surface area contributed by atoms with E-state index in [0.717, 1.165) is 77.0 Å². The zero-order valence-corrected chi connectivity index (χ0v) is 41.1. The molecule has 0 aromatic heterocycles. The predicted molar refractivity (Wildman–Crippen MR) is 247 cm³/mol. The summed E-state index contributed by atoms with van der Waals surface area (Å²) < 4.78 is 71.9. The largest absolute Gasteiger partial charge is 0.480 e. The van der Waals surface area contributed by atoms with Crippen molar-refractivity contribution in [2.75, 3.05) is 26.4 Å². The van der Waals surface area contributed by atoms with Crippen LogP contribution in [0.5, 0.6) is 0 Å². The van der Waals surface area contributed by atoms with E-state index in [1.165, 1.54) is 103 Å². The number of unbranched alkanes of at least 4 members (excludes halogenated alkanes) is 26. The van der Waals surface area contributed by atoms with Crippen molar-refractivity contribution >= 4 is 19.7 Å². The molecule has 0 aromatic rings. The number of hydrogen-bond donors (Lipinski definition) is 5. The Kier molecular flexibility index (Phi) is 36.7. The smallest absolute Gasteiger partial charge is 0.470 e. The lowest BCUT2D eigenvalue weighted by atomic mass is 9.95. The maximum absolute atomic E-state index is 15.5. The average molecular weight is 944 g/mol. The summed E-state index contributed by atoms with van der Waals surface area (Å²) in [5.74, 6) is -6.97. The number of carbonyl (C=O) groups is 2. The van der Waals surface area contributed by atoms with Crippen molar-refractivity contribution in [2.24, 2.45) is 0 Å². The fourth-order valence-electron chi connectivity index (χ4n) is 8.36. The van der Waals surface area contributed by atoms with Gasteiger partial charge >= 0.3 is 19.7 Å². The highest BCUT2D eigenvalue weighted by molar-refractivity contribution is 7.46. The molecule has 0 bridgehead atoms. The van der Waals surface area contributed by atoms with E-state index in [1.807, 2.05) is 0 Å². The standard InChI is InChI=1S/C48H92F2NO12P/c1-4-7-10-13-16-19-22-25-28-31-35-48(49,50)47(55)51-43-45(44(63-64(56,57)58)41(38-52)62-46(43)61-39-42(53)54)60-37-34-40(33-30-27-24-21-18-15-12-9-6-3)59-36-32-29-26-23-20-17-14-11-8-5-2/h40-41,43-46,52H,4-39H2,1-3H3,(H,51,55)(H,53,54)(H2,56,57,58)/t40?,41-,43-,44-,45-,46?/m1/s1. The van der Waals surface area contributed by atoms with Gasteiger partial charge in [0.1, 0.15) is 31.0 Å². The van der Waals surface area contributed by atoms with Gasteiger partial charge in [-0.25, -0.2) is 9.36 Å². The van der Waals surface area contributed by atoms with Crippen LogP contribution in [0.25, 0.3) is 0 Å². The molecule has 1 rings (SSSR count). The van der Waals surface area contributed by atoms with Crippen LogP contribution >= 0.6 is 7.82 Å². The van der Waals surface area contributed by atoms with Gasteiger partial charge in [0, 0.05) is 19.6 Å². The van der Waals surface area contributed by atoms with Crippen LogP contribution in [0.1, 0.15) is 226 Å². The molecule has 1 saturated heterocycles. The van der Waals surface area contributed by atoms with Crippen LogP contribution in [-0.4, -0.2) is 101 Å². The van der Waals surface area contributed by atoms with Crippen molar-refractivity contribution in [3.8, 4) is 0 Å². The zero-order valence-electron chi connectivity index (χ0n) is 40.2. The number of carboxylic acid groups (broad SMARTS) is 1. The molecule has 1 amide bonds. The lowest BCUT2D eigenvalue weighted by Crippen LogP contribution is -2.67. The van der Waals surface area contributed by atoms with Gasteiger partial charge in [0.25, 0.3) is 5.91 Å². The van der Waals surface area contributed by atoms with Crippen LogP contribution in [0.4, 0.5) is 8.78 Å². The van der Waals surface area contributed by atoms with Gasteiger partial charge in [0.15, 0.2) is 6.29 Å². The molecule has 0 radical (unpaired) electrons. The highest BCUT2D eigenvalue weighted by Gasteiger charge is 2.52. The Balaban J connectivity index is 3.09. The second-order valence-corrected chi connectivity index (χ2v) is 19.2. The average Bonchev–Trinajstić information content (AvgIpc) is 3.25. The summed E-state index contributed by atoms with van der Waals surface area (Å²) in [4.78, 5) is 44.6. The number of rotatable bonds is 45. The topological polar surface area (TPSA) is 190 Å². The molecule has 1 aliphatic rings. The lowest BCUT2D eigenvalue weighted by molar-refractivity contribution is -0.275. The van der Waals surface area contributed by atoms with E-state index in [9.17, 15) is 34.2 Å². The number of alkyl halides is 2. The molecular weight excluding hydrogens is 851 g/mol. The molecule has 2 unspecified atom stereocenters. The van der Waals surface area contributed by atoms with Gasteiger partial charge in [-0.05, 0) is 25.7 Å². The van der Waals surface area contributed by atoms with E-state index in [4.69, 9.17) is 23.5 Å². The van der Waals surface area contributed by atoms with Crippen LogP contribution in [0.3, 0.4) is 0 Å². The Morgan fingerprint density at radius 1 is 0.641 bits per heavy atom. The normalized spacial score (nSPS) is 19.8. The quantitative estimate of drug-likeness (QED) is 0.0287. The minimum Gasteiger partial charge on any atom is -0.480 e. The minimum absolute atomic E-state index is 0.0896. The van der Waals surface area contributed by atoms with Crippen molar-refractivity contribution in [1.29, 1.82) is 0 Å². The summed E-state index contributed by atoms with van der Waals surface area (Å²) in [6, 6.07) is -1.70. The number of nitrogens with one attached hydrogen (secondary N) is 1. The molecule has 380 valence electrons. The fraction of sp³-hybridized carbons (Fsp3) is 0.958. The SMILES string of the molecule is CCCCCCCCCCCCOC(CCCCCCCCCCC)CCO[C@H]1[C@H](OP(=O)(O)O)[C@@H](CO)OC(OCC(=O)O)[C@@H]1NC(=O)C(F)(F)CCCCCCCCCCCC. The van der Waals surface area contributed by atoms with Crippen LogP contribution in [0.15, 0.2) is 0 Å². The molecule has 1 fully saturated rings. The maximum Gasteiger partial charge on any atom is 0.470 e. The first kappa shape index (κ1) is 60.7. The van der Waals surface area contributed by atoms with Gasteiger partial charge in [0.2, 0.25) is 0 Å². The number of aliphatic hydroxyl groups is 1. The highest BCUT2D eigenvalue weighted by atomic mass is 31.2.